The molecule has 258 valence electrons. The molecule has 0 aliphatic carbocycles. The molecule has 0 heterocycles. The summed E-state index contributed by atoms with van der Waals surface area (Å²) in [6, 6.07) is -1.30. The van der Waals surface area contributed by atoms with Gasteiger partial charge in [0, 0.05) is 11.3 Å². The number of hydrogen-bond acceptors (Lipinski definition) is 10. The van der Waals surface area contributed by atoms with Gasteiger partial charge in [-0.25, -0.2) is 0 Å². The van der Waals surface area contributed by atoms with Crippen molar-refractivity contribution in [2.24, 2.45) is 0 Å². The van der Waals surface area contributed by atoms with E-state index in [1.54, 1.807) is 13.0 Å². The highest BCUT2D eigenvalue weighted by Crippen LogP contribution is 2.38. The fraction of sp³-hybridized carbons (Fsp3) is 0.871. The lowest BCUT2D eigenvalue weighted by Crippen LogP contribution is -2.37. The van der Waals surface area contributed by atoms with Crippen molar-refractivity contribution in [2.45, 2.75) is 129 Å². The van der Waals surface area contributed by atoms with Gasteiger partial charge in [0.25, 0.3) is 7.82 Å². The summed E-state index contributed by atoms with van der Waals surface area (Å²) in [6.45, 7) is 3.21. The molecule has 0 rings (SSSR count). The Morgan fingerprint density at radius 1 is 0.841 bits per heavy atom. The third-order valence-electron chi connectivity index (χ3n) is 6.88. The lowest BCUT2D eigenvalue weighted by molar-refractivity contribution is -0.870. The Morgan fingerprint density at radius 2 is 1.39 bits per heavy atom. The van der Waals surface area contributed by atoms with Crippen LogP contribution >= 0.6 is 7.82 Å². The van der Waals surface area contributed by atoms with Crippen molar-refractivity contribution in [1.29, 1.82) is 0 Å². The van der Waals surface area contributed by atoms with Gasteiger partial charge < -0.3 is 27.9 Å². The van der Waals surface area contributed by atoms with Crippen LogP contribution in [0.25, 0.3) is 0 Å². The minimum atomic E-state index is -4.74. The smallest absolute Gasteiger partial charge is 0.313 e. The summed E-state index contributed by atoms with van der Waals surface area (Å²) in [5.74, 6) is -1.45. The van der Waals surface area contributed by atoms with Gasteiger partial charge in [-0.15, -0.1) is 0 Å². The monoisotopic (exact) mass is 650 g/mol. The fourth-order valence-corrected chi connectivity index (χ4v) is 4.94. The van der Waals surface area contributed by atoms with Gasteiger partial charge in [-0.1, -0.05) is 97.0 Å². The van der Waals surface area contributed by atoms with Crippen LogP contribution in [-0.2, 0) is 32.7 Å². The quantitative estimate of drug-likeness (QED) is 0.0176. The van der Waals surface area contributed by atoms with E-state index in [0.29, 0.717) is 23.9 Å². The third-order valence-corrected chi connectivity index (χ3v) is 7.85. The molecule has 0 N–H and O–H groups in total. The van der Waals surface area contributed by atoms with Crippen LogP contribution in [0.15, 0.2) is 12.2 Å². The number of carbonyl (C=O) groups is 2. The molecule has 0 radical (unpaired) electrons. The van der Waals surface area contributed by atoms with E-state index in [2.05, 4.69) is 6.92 Å². The van der Waals surface area contributed by atoms with Crippen LogP contribution in [0.2, 0.25) is 0 Å². The maximum absolute atomic E-state index is 12.5. The van der Waals surface area contributed by atoms with Gasteiger partial charge in [0.15, 0.2) is 6.10 Å². The summed E-state index contributed by atoms with van der Waals surface area (Å²) in [7, 11) is 0.876. The number of phosphoric ester groups is 1. The predicted octanol–water partition coefficient (Wildman–Crippen LogP) is 6.13. The molecule has 0 spiro atoms. The van der Waals surface area contributed by atoms with E-state index in [1.807, 2.05) is 21.1 Å². The van der Waals surface area contributed by atoms with Crippen molar-refractivity contribution < 1.29 is 47.0 Å². The van der Waals surface area contributed by atoms with Crippen LogP contribution in [-0.4, -0.2) is 81.0 Å². The largest absolute Gasteiger partial charge is 0.756 e. The van der Waals surface area contributed by atoms with E-state index in [4.69, 9.17) is 18.5 Å². The lowest BCUT2D eigenvalue weighted by atomic mass is 10.0. The molecule has 0 aromatic heterocycles. The number of hydrogen-bond donors (Lipinski definition) is 0. The molecule has 2 unspecified atom stereocenters. The Morgan fingerprint density at radius 3 is 1.89 bits per heavy atom. The fourth-order valence-electron chi connectivity index (χ4n) is 4.21. The summed E-state index contributed by atoms with van der Waals surface area (Å²) < 4.78 is 32.9. The first-order valence-electron chi connectivity index (χ1n) is 16.4. The molecule has 0 bridgehead atoms. The van der Waals surface area contributed by atoms with Crippen LogP contribution in [0, 0.1) is 10.1 Å². The minimum absolute atomic E-state index is 0.114. The van der Waals surface area contributed by atoms with E-state index >= 15 is 0 Å². The average Bonchev–Trinajstić information content (AvgIpc) is 2.94. The number of quaternary nitrogens is 1. The normalized spacial score (nSPS) is 14.7. The summed E-state index contributed by atoms with van der Waals surface area (Å²) in [6.07, 6.45) is 17.1. The number of esters is 2. The minimum Gasteiger partial charge on any atom is -0.756 e. The molecule has 44 heavy (non-hydrogen) atoms. The SMILES string of the molecule is CC/C=C/C(CC(=O)O[C@H](COC(=O)CCCCCCCCCCCCCCC)COP(=O)([O-])OCC[N+](C)(C)C)[N+](=O)[O-]. The number of nitrogens with zero attached hydrogens (tertiary/aromatic N) is 2. The molecule has 0 saturated carbocycles. The standard InChI is InChI=1S/C31H59N2O10P/c1-6-8-10-11-12-13-14-15-16-17-18-19-20-22-30(34)40-26-29(27-42-44(38,39)41-24-23-33(3,4)5)43-31(35)25-28(32(36)37)21-9-7-2/h9,21,28-29H,6-8,10-20,22-27H2,1-5H3/b21-9+/t28?,29-/m1/s1. The molecule has 0 amide bonds. The average molecular weight is 651 g/mol. The van der Waals surface area contributed by atoms with Crippen molar-refractivity contribution in [3.05, 3.63) is 22.3 Å². The highest BCUT2D eigenvalue weighted by Gasteiger charge is 2.26. The number of ether oxygens (including phenoxy) is 2. The number of likely N-dealkylation sites (N-methyl/N-ethyl adjacent to an activating group) is 1. The van der Waals surface area contributed by atoms with Crippen molar-refractivity contribution in [3.63, 3.8) is 0 Å². The van der Waals surface area contributed by atoms with E-state index in [0.717, 1.165) is 19.3 Å². The Kier molecular flexibility index (Phi) is 24.3. The Balaban J connectivity index is 4.64. The van der Waals surface area contributed by atoms with Gasteiger partial charge in [0.05, 0.1) is 27.7 Å². The lowest BCUT2D eigenvalue weighted by Gasteiger charge is -2.28. The summed E-state index contributed by atoms with van der Waals surface area (Å²) in [5.41, 5.74) is 0. The first-order valence-corrected chi connectivity index (χ1v) is 17.8. The zero-order valence-corrected chi connectivity index (χ0v) is 28.8. The zero-order valence-electron chi connectivity index (χ0n) is 27.9. The maximum atomic E-state index is 12.5. The molecule has 0 fully saturated rings. The highest BCUT2D eigenvalue weighted by molar-refractivity contribution is 7.45. The summed E-state index contributed by atoms with van der Waals surface area (Å²) in [5, 5.41) is 11.3. The number of allylic oxidation sites excluding steroid dienone is 1. The van der Waals surface area contributed by atoms with Crippen LogP contribution in [0.5, 0.6) is 0 Å². The van der Waals surface area contributed by atoms with Crippen molar-refractivity contribution >= 4 is 19.8 Å². The molecule has 0 aliphatic heterocycles. The molecule has 0 saturated heterocycles. The molecule has 3 atom stereocenters. The number of carbonyl (C=O) groups excluding carboxylic acids is 2. The van der Waals surface area contributed by atoms with Crippen LogP contribution in [0.1, 0.15) is 117 Å². The van der Waals surface area contributed by atoms with E-state index in [1.165, 1.54) is 63.9 Å². The van der Waals surface area contributed by atoms with Crippen molar-refractivity contribution in [1.82, 2.24) is 0 Å². The van der Waals surface area contributed by atoms with Crippen LogP contribution < -0.4 is 4.89 Å². The number of nitro groups is 1. The Labute approximate surface area is 265 Å². The van der Waals surface area contributed by atoms with Crippen molar-refractivity contribution in [2.75, 3.05) is 47.5 Å². The maximum Gasteiger partial charge on any atom is 0.313 e. The second-order valence-electron chi connectivity index (χ2n) is 12.3. The van der Waals surface area contributed by atoms with Gasteiger partial charge in [-0.3, -0.25) is 24.3 Å². The van der Waals surface area contributed by atoms with Gasteiger partial charge in [0.2, 0.25) is 6.04 Å². The van der Waals surface area contributed by atoms with E-state index in [-0.39, 0.29) is 13.0 Å². The molecule has 13 heteroatoms. The number of unbranched alkanes of at least 4 members (excludes halogenated alkanes) is 12. The summed E-state index contributed by atoms with van der Waals surface area (Å²) >= 11 is 0. The zero-order chi connectivity index (χ0) is 33.3. The van der Waals surface area contributed by atoms with Gasteiger partial charge in [0.1, 0.15) is 26.2 Å². The predicted molar refractivity (Wildman–Crippen MR) is 168 cm³/mol. The van der Waals surface area contributed by atoms with E-state index < -0.39 is 56.5 Å². The van der Waals surface area contributed by atoms with Crippen LogP contribution in [0.3, 0.4) is 0 Å². The number of phosphoric acid groups is 1. The molecule has 0 aromatic rings. The van der Waals surface area contributed by atoms with Gasteiger partial charge in [-0.2, -0.15) is 0 Å². The molecular formula is C31H59N2O10P. The first kappa shape index (κ1) is 42.1. The summed E-state index contributed by atoms with van der Waals surface area (Å²) in [4.78, 5) is 47.7. The third kappa shape index (κ3) is 26.5. The highest BCUT2D eigenvalue weighted by atomic mass is 31.2. The van der Waals surface area contributed by atoms with E-state index in [9.17, 15) is 29.2 Å². The van der Waals surface area contributed by atoms with Crippen LogP contribution in [0.4, 0.5) is 0 Å². The molecule has 12 nitrogen and oxygen atoms in total. The second kappa shape index (κ2) is 25.4. The second-order valence-corrected chi connectivity index (χ2v) is 13.7. The Bertz CT molecular complexity index is 863. The van der Waals surface area contributed by atoms with Gasteiger partial charge in [-0.05, 0) is 18.9 Å². The Hall–Kier alpha value is -1.85. The van der Waals surface area contributed by atoms with Gasteiger partial charge >= 0.3 is 11.9 Å². The number of rotatable bonds is 29. The molecule has 0 aromatic carbocycles. The first-order chi connectivity index (χ1) is 20.8. The topological polar surface area (TPSA) is 154 Å². The molecular weight excluding hydrogens is 591 g/mol. The molecule has 0 aliphatic rings. The van der Waals surface area contributed by atoms with Crippen molar-refractivity contribution in [3.8, 4) is 0 Å².